The number of ketones is 1. The fraction of sp³-hybridized carbons (Fsp3) is 0.529. The van der Waals surface area contributed by atoms with Gasteiger partial charge in [0, 0.05) is 32.7 Å². The summed E-state index contributed by atoms with van der Waals surface area (Å²) in [5.41, 5.74) is 4.95. The lowest BCUT2D eigenvalue weighted by molar-refractivity contribution is 0.0154. The quantitative estimate of drug-likeness (QED) is 0.457. The Labute approximate surface area is 168 Å². The summed E-state index contributed by atoms with van der Waals surface area (Å²) in [5, 5.41) is -0.152. The number of allylic oxidation sites excluding steroid dienone is 1. The molecule has 10 heteroatoms. The van der Waals surface area contributed by atoms with E-state index in [1.54, 1.807) is 11.0 Å². The van der Waals surface area contributed by atoms with Crippen LogP contribution in [0.2, 0.25) is 10.3 Å². The van der Waals surface area contributed by atoms with E-state index in [1.165, 1.54) is 6.08 Å². The Hall–Kier alpha value is -1.90. The molecular formula is C17H23Cl2N5O3. The highest BCUT2D eigenvalue weighted by Crippen LogP contribution is 2.22. The van der Waals surface area contributed by atoms with Gasteiger partial charge in [-0.05, 0) is 26.8 Å². The number of nitrogen functional groups attached to an aromatic ring is 1. The molecule has 0 saturated carbocycles. The average Bonchev–Trinajstić information content (AvgIpc) is 2.52. The SMILES string of the molecule is CC(C)(C)OC(=O)N1CCN(CC=CC(=O)c2c(Cl)nc(N)nc2Cl)CC1. The number of hydrogen-bond acceptors (Lipinski definition) is 7. The second-order valence-corrected chi connectivity index (χ2v) is 7.79. The molecule has 0 radical (unpaired) electrons. The van der Waals surface area contributed by atoms with E-state index in [1.807, 2.05) is 20.8 Å². The fourth-order valence-corrected chi connectivity index (χ4v) is 3.04. The van der Waals surface area contributed by atoms with Crippen molar-refractivity contribution in [2.45, 2.75) is 26.4 Å². The molecule has 0 atom stereocenters. The van der Waals surface area contributed by atoms with Gasteiger partial charge in [-0.15, -0.1) is 0 Å². The zero-order valence-corrected chi connectivity index (χ0v) is 17.0. The van der Waals surface area contributed by atoms with Crippen LogP contribution in [0.15, 0.2) is 12.2 Å². The van der Waals surface area contributed by atoms with Crippen LogP contribution < -0.4 is 5.73 Å². The van der Waals surface area contributed by atoms with Gasteiger partial charge in [0.25, 0.3) is 0 Å². The number of halogens is 2. The van der Waals surface area contributed by atoms with Crippen LogP contribution in [0.3, 0.4) is 0 Å². The van der Waals surface area contributed by atoms with Crippen molar-refractivity contribution >= 4 is 41.0 Å². The highest BCUT2D eigenvalue weighted by Gasteiger charge is 2.25. The molecule has 2 heterocycles. The normalized spacial score (nSPS) is 16.0. The van der Waals surface area contributed by atoms with Crippen LogP contribution >= 0.6 is 23.2 Å². The molecule has 0 unspecified atom stereocenters. The predicted octanol–water partition coefficient (Wildman–Crippen LogP) is 2.66. The highest BCUT2D eigenvalue weighted by atomic mass is 35.5. The summed E-state index contributed by atoms with van der Waals surface area (Å²) in [6.45, 7) is 8.59. The molecular weight excluding hydrogens is 393 g/mol. The lowest BCUT2D eigenvalue weighted by Gasteiger charge is -2.35. The summed E-state index contributed by atoms with van der Waals surface area (Å²) < 4.78 is 5.37. The van der Waals surface area contributed by atoms with Crippen LogP contribution in [0.4, 0.5) is 10.7 Å². The van der Waals surface area contributed by atoms with Gasteiger partial charge >= 0.3 is 6.09 Å². The van der Waals surface area contributed by atoms with E-state index in [9.17, 15) is 9.59 Å². The van der Waals surface area contributed by atoms with Crippen LogP contribution in [-0.4, -0.2) is 70.0 Å². The average molecular weight is 416 g/mol. The number of carbonyl (C=O) groups excluding carboxylic acids is 2. The first-order chi connectivity index (χ1) is 12.6. The maximum Gasteiger partial charge on any atom is 0.410 e. The van der Waals surface area contributed by atoms with Crippen LogP contribution in [-0.2, 0) is 4.74 Å². The molecule has 1 aliphatic rings. The van der Waals surface area contributed by atoms with E-state index in [2.05, 4.69) is 14.9 Å². The third-order valence-electron chi connectivity index (χ3n) is 3.74. The van der Waals surface area contributed by atoms with Crippen LogP contribution in [0.25, 0.3) is 0 Å². The zero-order chi connectivity index (χ0) is 20.2. The number of aromatic nitrogens is 2. The molecule has 1 amide bonds. The van der Waals surface area contributed by atoms with Crippen molar-refractivity contribution in [3.63, 3.8) is 0 Å². The molecule has 148 valence electrons. The largest absolute Gasteiger partial charge is 0.444 e. The van der Waals surface area contributed by atoms with Crippen molar-refractivity contribution in [3.8, 4) is 0 Å². The van der Waals surface area contributed by atoms with Crippen molar-refractivity contribution in [1.82, 2.24) is 19.8 Å². The standard InChI is InChI=1S/C17H23Cl2N5O3/c1-17(2,3)27-16(26)24-9-7-23(8-10-24)6-4-5-11(25)12-13(18)21-15(20)22-14(12)19/h4-5H,6-10H2,1-3H3,(H2,20,21,22). The first-order valence-corrected chi connectivity index (χ1v) is 9.22. The van der Waals surface area contributed by atoms with Gasteiger partial charge in [0.15, 0.2) is 5.78 Å². The maximum absolute atomic E-state index is 12.2. The number of carbonyl (C=O) groups is 2. The monoisotopic (exact) mass is 415 g/mol. The Morgan fingerprint density at radius 3 is 2.22 bits per heavy atom. The summed E-state index contributed by atoms with van der Waals surface area (Å²) in [6.07, 6.45) is 2.79. The minimum absolute atomic E-state index is 0.0264. The van der Waals surface area contributed by atoms with E-state index in [0.29, 0.717) is 32.7 Å². The molecule has 2 N–H and O–H groups in total. The van der Waals surface area contributed by atoms with Crippen LogP contribution in [0, 0.1) is 0 Å². The number of hydrogen-bond donors (Lipinski definition) is 1. The molecule has 0 aliphatic carbocycles. The van der Waals surface area contributed by atoms with Crippen molar-refractivity contribution in [3.05, 3.63) is 28.0 Å². The minimum Gasteiger partial charge on any atom is -0.444 e. The molecule has 27 heavy (non-hydrogen) atoms. The third-order valence-corrected chi connectivity index (χ3v) is 4.29. The van der Waals surface area contributed by atoms with Gasteiger partial charge in [0.05, 0.1) is 5.56 Å². The summed E-state index contributed by atoms with van der Waals surface area (Å²) in [6, 6.07) is 0. The van der Waals surface area contributed by atoms with Crippen molar-refractivity contribution < 1.29 is 14.3 Å². The summed E-state index contributed by atoms with van der Waals surface area (Å²) >= 11 is 11.8. The highest BCUT2D eigenvalue weighted by molar-refractivity contribution is 6.39. The van der Waals surface area contributed by atoms with E-state index in [0.717, 1.165) is 0 Å². The van der Waals surface area contributed by atoms with E-state index >= 15 is 0 Å². The Morgan fingerprint density at radius 2 is 1.70 bits per heavy atom. The van der Waals surface area contributed by atoms with Gasteiger partial charge < -0.3 is 15.4 Å². The lowest BCUT2D eigenvalue weighted by Crippen LogP contribution is -2.49. The minimum atomic E-state index is -0.508. The number of amides is 1. The van der Waals surface area contributed by atoms with Crippen molar-refractivity contribution in [1.29, 1.82) is 0 Å². The molecule has 1 aliphatic heterocycles. The number of nitrogens with two attached hydrogens (primary N) is 1. The van der Waals surface area contributed by atoms with Crippen molar-refractivity contribution in [2.24, 2.45) is 0 Å². The van der Waals surface area contributed by atoms with Crippen molar-refractivity contribution in [2.75, 3.05) is 38.5 Å². The number of rotatable bonds is 4. The molecule has 0 aromatic carbocycles. The van der Waals surface area contributed by atoms with Gasteiger partial charge in [0.1, 0.15) is 15.9 Å². The molecule has 1 saturated heterocycles. The third kappa shape index (κ3) is 6.34. The van der Waals surface area contributed by atoms with E-state index in [4.69, 9.17) is 33.7 Å². The second-order valence-electron chi connectivity index (χ2n) is 7.07. The van der Waals surface area contributed by atoms with Gasteiger partial charge in [-0.3, -0.25) is 9.69 Å². The topological polar surface area (TPSA) is 102 Å². The number of ether oxygens (including phenoxy) is 1. The van der Waals surface area contributed by atoms with Crippen LogP contribution in [0.1, 0.15) is 31.1 Å². The molecule has 2 rings (SSSR count). The smallest absolute Gasteiger partial charge is 0.410 e. The van der Waals surface area contributed by atoms with Gasteiger partial charge in [-0.25, -0.2) is 14.8 Å². The Bertz CT molecular complexity index is 718. The number of piperazine rings is 1. The van der Waals surface area contributed by atoms with E-state index in [-0.39, 0.29) is 27.9 Å². The fourth-order valence-electron chi connectivity index (χ4n) is 2.46. The zero-order valence-electron chi connectivity index (χ0n) is 15.5. The number of anilines is 1. The Kier molecular flexibility index (Phi) is 7.02. The molecule has 0 bridgehead atoms. The predicted molar refractivity (Wildman–Crippen MR) is 104 cm³/mol. The molecule has 0 spiro atoms. The summed E-state index contributed by atoms with van der Waals surface area (Å²) in [7, 11) is 0. The Morgan fingerprint density at radius 1 is 1.15 bits per heavy atom. The molecule has 1 fully saturated rings. The van der Waals surface area contributed by atoms with Gasteiger partial charge in [-0.1, -0.05) is 29.3 Å². The van der Waals surface area contributed by atoms with Gasteiger partial charge in [-0.2, -0.15) is 0 Å². The lowest BCUT2D eigenvalue weighted by atomic mass is 10.2. The van der Waals surface area contributed by atoms with Gasteiger partial charge in [0.2, 0.25) is 5.95 Å². The van der Waals surface area contributed by atoms with E-state index < -0.39 is 11.4 Å². The first-order valence-electron chi connectivity index (χ1n) is 8.46. The maximum atomic E-state index is 12.2. The molecule has 8 nitrogen and oxygen atoms in total. The summed E-state index contributed by atoms with van der Waals surface area (Å²) in [5.74, 6) is -0.481. The van der Waals surface area contributed by atoms with Crippen LogP contribution in [0.5, 0.6) is 0 Å². The first kappa shape index (κ1) is 21.4. The summed E-state index contributed by atoms with van der Waals surface area (Å²) in [4.78, 5) is 35.6. The second kappa shape index (κ2) is 8.86. The Balaban J connectivity index is 1.85. The number of nitrogens with zero attached hydrogens (tertiary/aromatic N) is 4. The molecule has 1 aromatic heterocycles. The molecule has 1 aromatic rings.